The topological polar surface area (TPSA) is 135 Å². The van der Waals surface area contributed by atoms with Gasteiger partial charge in [-0.3, -0.25) is 9.59 Å². The standard InChI is InChI=1S/C24H25N5O5/c1-2-21(23(32)25-11-15-12-29(28-27-15)13-22(30)31)26-24(33)34-14-20-18-9-5-3-7-16(18)17-8-4-6-10-19(17)20/h3-10,12,20-21H,2,11,13-14H2,1H3,(H,25,32)(H,26,33)(H,30,31)/t21-/m0/s1. The first-order chi connectivity index (χ1) is 16.5. The molecule has 1 atom stereocenters. The minimum Gasteiger partial charge on any atom is -0.480 e. The van der Waals surface area contributed by atoms with E-state index in [1.165, 1.54) is 6.20 Å². The molecule has 0 spiro atoms. The normalized spacial score (nSPS) is 13.0. The van der Waals surface area contributed by atoms with Crippen LogP contribution in [0.25, 0.3) is 11.1 Å². The van der Waals surface area contributed by atoms with Gasteiger partial charge in [0.25, 0.3) is 0 Å². The lowest BCUT2D eigenvalue weighted by atomic mass is 9.98. The fourth-order valence-electron chi connectivity index (χ4n) is 4.07. The van der Waals surface area contributed by atoms with Gasteiger partial charge in [0.05, 0.1) is 12.7 Å². The Morgan fingerprint density at radius 1 is 1.09 bits per heavy atom. The number of aromatic nitrogens is 3. The van der Waals surface area contributed by atoms with E-state index in [2.05, 4.69) is 33.1 Å². The predicted molar refractivity (Wildman–Crippen MR) is 122 cm³/mol. The Hall–Kier alpha value is -4.21. The fraction of sp³-hybridized carbons (Fsp3) is 0.292. The van der Waals surface area contributed by atoms with Crippen molar-refractivity contribution in [1.29, 1.82) is 0 Å². The van der Waals surface area contributed by atoms with Gasteiger partial charge in [-0.25, -0.2) is 9.48 Å². The number of fused-ring (bicyclic) bond motifs is 3. The van der Waals surface area contributed by atoms with E-state index >= 15 is 0 Å². The zero-order chi connectivity index (χ0) is 24.1. The first-order valence-electron chi connectivity index (χ1n) is 11.0. The van der Waals surface area contributed by atoms with E-state index in [0.717, 1.165) is 26.9 Å². The third-order valence-electron chi connectivity index (χ3n) is 5.69. The Labute approximate surface area is 195 Å². The van der Waals surface area contributed by atoms with Crippen LogP contribution in [-0.2, 0) is 27.4 Å². The maximum atomic E-state index is 12.5. The number of alkyl carbamates (subject to hydrolysis) is 1. The van der Waals surface area contributed by atoms with Crippen LogP contribution in [0.3, 0.4) is 0 Å². The highest BCUT2D eigenvalue weighted by molar-refractivity contribution is 5.85. The lowest BCUT2D eigenvalue weighted by molar-refractivity contribution is -0.138. The zero-order valence-corrected chi connectivity index (χ0v) is 18.6. The molecule has 0 saturated carbocycles. The van der Waals surface area contributed by atoms with Crippen LogP contribution in [0.4, 0.5) is 4.79 Å². The lowest BCUT2D eigenvalue weighted by Gasteiger charge is -2.18. The van der Waals surface area contributed by atoms with Crippen LogP contribution in [-0.4, -0.2) is 50.7 Å². The van der Waals surface area contributed by atoms with E-state index < -0.39 is 24.0 Å². The van der Waals surface area contributed by atoms with Crippen molar-refractivity contribution in [3.63, 3.8) is 0 Å². The number of nitrogens with zero attached hydrogens (tertiary/aromatic N) is 3. The summed E-state index contributed by atoms with van der Waals surface area (Å²) in [6, 6.07) is 15.3. The molecule has 4 rings (SSSR count). The van der Waals surface area contributed by atoms with Crippen molar-refractivity contribution in [2.75, 3.05) is 6.61 Å². The molecule has 1 aliphatic carbocycles. The third-order valence-corrected chi connectivity index (χ3v) is 5.69. The molecule has 2 aromatic carbocycles. The summed E-state index contributed by atoms with van der Waals surface area (Å²) in [5, 5.41) is 21.6. The molecule has 0 unspecified atom stereocenters. The van der Waals surface area contributed by atoms with Crippen molar-refractivity contribution < 1.29 is 24.2 Å². The van der Waals surface area contributed by atoms with Gasteiger partial charge in [0.1, 0.15) is 24.9 Å². The Morgan fingerprint density at radius 3 is 2.35 bits per heavy atom. The monoisotopic (exact) mass is 463 g/mol. The zero-order valence-electron chi connectivity index (χ0n) is 18.6. The molecule has 10 heteroatoms. The van der Waals surface area contributed by atoms with Crippen LogP contribution in [0, 0.1) is 0 Å². The quantitative estimate of drug-likeness (QED) is 0.443. The number of aliphatic carboxylic acids is 1. The van der Waals surface area contributed by atoms with Crippen molar-refractivity contribution in [2.45, 2.75) is 38.4 Å². The maximum absolute atomic E-state index is 12.5. The van der Waals surface area contributed by atoms with Gasteiger partial charge < -0.3 is 20.5 Å². The maximum Gasteiger partial charge on any atom is 0.407 e. The van der Waals surface area contributed by atoms with Crippen molar-refractivity contribution in [1.82, 2.24) is 25.6 Å². The van der Waals surface area contributed by atoms with Crippen LogP contribution in [0.15, 0.2) is 54.7 Å². The Morgan fingerprint density at radius 2 is 1.74 bits per heavy atom. The van der Waals surface area contributed by atoms with Crippen LogP contribution in [0.5, 0.6) is 0 Å². The highest BCUT2D eigenvalue weighted by Gasteiger charge is 2.29. The van der Waals surface area contributed by atoms with E-state index in [4.69, 9.17) is 9.84 Å². The van der Waals surface area contributed by atoms with Gasteiger partial charge in [0.2, 0.25) is 5.91 Å². The van der Waals surface area contributed by atoms with Crippen LogP contribution < -0.4 is 10.6 Å². The lowest BCUT2D eigenvalue weighted by Crippen LogP contribution is -2.46. The molecule has 2 amide bonds. The number of hydrogen-bond acceptors (Lipinski definition) is 6. The number of rotatable bonds is 9. The summed E-state index contributed by atoms with van der Waals surface area (Å²) in [5.41, 5.74) is 4.90. The smallest absolute Gasteiger partial charge is 0.407 e. The van der Waals surface area contributed by atoms with Crippen molar-refractivity contribution in [2.24, 2.45) is 0 Å². The Bertz CT molecular complexity index is 1160. The Balaban J connectivity index is 1.31. The molecule has 10 nitrogen and oxygen atoms in total. The summed E-state index contributed by atoms with van der Waals surface area (Å²) in [5.74, 6) is -1.51. The second kappa shape index (κ2) is 10.2. The van der Waals surface area contributed by atoms with E-state index in [-0.39, 0.29) is 25.6 Å². The molecule has 3 N–H and O–H groups in total. The van der Waals surface area contributed by atoms with Crippen LogP contribution in [0.1, 0.15) is 36.1 Å². The number of nitrogens with one attached hydrogen (secondary N) is 2. The molecule has 0 aliphatic heterocycles. The molecule has 0 radical (unpaired) electrons. The Kier molecular flexibility index (Phi) is 6.86. The molecule has 1 heterocycles. The minimum absolute atomic E-state index is 0.0569. The van der Waals surface area contributed by atoms with Crippen molar-refractivity contribution in [3.8, 4) is 11.1 Å². The fourth-order valence-corrected chi connectivity index (χ4v) is 4.07. The summed E-state index contributed by atoms with van der Waals surface area (Å²) in [6.07, 6.45) is 1.13. The van der Waals surface area contributed by atoms with E-state index in [0.29, 0.717) is 12.1 Å². The summed E-state index contributed by atoms with van der Waals surface area (Å²) in [4.78, 5) is 35.7. The van der Waals surface area contributed by atoms with Gasteiger partial charge in [0.15, 0.2) is 0 Å². The number of benzene rings is 2. The molecule has 0 fully saturated rings. The highest BCUT2D eigenvalue weighted by Crippen LogP contribution is 2.44. The summed E-state index contributed by atoms with van der Waals surface area (Å²) in [7, 11) is 0. The molecular formula is C24H25N5O5. The number of carboxylic acids is 1. The van der Waals surface area contributed by atoms with E-state index in [1.54, 1.807) is 6.92 Å². The van der Waals surface area contributed by atoms with Gasteiger partial charge in [0, 0.05) is 5.92 Å². The molecule has 34 heavy (non-hydrogen) atoms. The molecule has 1 aliphatic rings. The van der Waals surface area contributed by atoms with Gasteiger partial charge in [-0.05, 0) is 28.7 Å². The second-order valence-electron chi connectivity index (χ2n) is 7.95. The largest absolute Gasteiger partial charge is 0.480 e. The minimum atomic E-state index is -1.04. The number of hydrogen-bond donors (Lipinski definition) is 3. The molecule has 0 bridgehead atoms. The van der Waals surface area contributed by atoms with Crippen LogP contribution >= 0.6 is 0 Å². The van der Waals surface area contributed by atoms with Crippen LogP contribution in [0.2, 0.25) is 0 Å². The third kappa shape index (κ3) is 5.06. The average Bonchev–Trinajstić information content (AvgIpc) is 3.41. The number of ether oxygens (including phenoxy) is 1. The predicted octanol–water partition coefficient (Wildman–Crippen LogP) is 2.30. The summed E-state index contributed by atoms with van der Waals surface area (Å²) in [6.45, 7) is 1.67. The number of carbonyl (C=O) groups is 3. The molecule has 176 valence electrons. The average molecular weight is 463 g/mol. The van der Waals surface area contributed by atoms with Crippen molar-refractivity contribution >= 4 is 18.0 Å². The molecule has 1 aromatic heterocycles. The van der Waals surface area contributed by atoms with Gasteiger partial charge in [-0.2, -0.15) is 0 Å². The number of amides is 2. The SMILES string of the molecule is CC[C@H](NC(=O)OCC1c2ccccc2-c2ccccc21)C(=O)NCc1cn(CC(=O)O)nn1. The molecule has 0 saturated heterocycles. The molecule has 3 aromatic rings. The van der Waals surface area contributed by atoms with Gasteiger partial charge in [-0.1, -0.05) is 60.7 Å². The van der Waals surface area contributed by atoms with Gasteiger partial charge >= 0.3 is 12.1 Å². The summed E-state index contributed by atoms with van der Waals surface area (Å²) < 4.78 is 6.68. The first-order valence-corrected chi connectivity index (χ1v) is 11.0. The highest BCUT2D eigenvalue weighted by atomic mass is 16.5. The first kappa shape index (κ1) is 23.0. The number of carbonyl (C=O) groups excluding carboxylic acids is 2. The second-order valence-corrected chi connectivity index (χ2v) is 7.95. The van der Waals surface area contributed by atoms with Gasteiger partial charge in [-0.15, -0.1) is 5.10 Å². The number of carboxylic acid groups (broad SMARTS) is 1. The van der Waals surface area contributed by atoms with Crippen molar-refractivity contribution in [3.05, 3.63) is 71.5 Å². The van der Waals surface area contributed by atoms with E-state index in [1.807, 2.05) is 36.4 Å². The summed E-state index contributed by atoms with van der Waals surface area (Å²) >= 11 is 0. The van der Waals surface area contributed by atoms with E-state index in [9.17, 15) is 14.4 Å². The molecular weight excluding hydrogens is 438 g/mol.